The molecule has 0 saturated heterocycles. The summed E-state index contributed by atoms with van der Waals surface area (Å²) in [6, 6.07) is 0. The molecule has 0 aliphatic carbocycles. The van der Waals surface area contributed by atoms with Gasteiger partial charge in [-0.15, -0.1) is 6.58 Å². The molecule has 0 aromatic carbocycles. The van der Waals surface area contributed by atoms with Crippen molar-refractivity contribution in [2.45, 2.75) is 13.2 Å². The standard InChI is InChI=1S/C5H10O5S/c1-3-4-9-5(2)10-11(6,7)8/h3,5H,1,4H2,2H3,(H,6,7,8). The van der Waals surface area contributed by atoms with Crippen LogP contribution in [-0.2, 0) is 19.3 Å². The second kappa shape index (κ2) is 4.45. The van der Waals surface area contributed by atoms with Crippen LogP contribution in [0.3, 0.4) is 0 Å². The van der Waals surface area contributed by atoms with Crippen molar-refractivity contribution in [3.63, 3.8) is 0 Å². The summed E-state index contributed by atoms with van der Waals surface area (Å²) in [5.41, 5.74) is 0. The van der Waals surface area contributed by atoms with Gasteiger partial charge in [0.2, 0.25) is 0 Å². The molecule has 1 unspecified atom stereocenters. The molecule has 5 nitrogen and oxygen atoms in total. The molecule has 66 valence electrons. The van der Waals surface area contributed by atoms with E-state index in [0.717, 1.165) is 0 Å². The molecule has 0 fully saturated rings. The topological polar surface area (TPSA) is 72.8 Å². The van der Waals surface area contributed by atoms with Crippen LogP contribution in [0.4, 0.5) is 0 Å². The number of ether oxygens (including phenoxy) is 1. The highest BCUT2D eigenvalue weighted by molar-refractivity contribution is 7.80. The van der Waals surface area contributed by atoms with Crippen LogP contribution in [0.15, 0.2) is 12.7 Å². The SMILES string of the molecule is C=CCOC(C)OS(=O)(=O)O. The molecule has 0 rings (SSSR count). The number of hydrogen-bond donors (Lipinski definition) is 1. The van der Waals surface area contributed by atoms with Gasteiger partial charge < -0.3 is 4.74 Å². The minimum atomic E-state index is -4.41. The fourth-order valence-electron chi connectivity index (χ4n) is 0.403. The minimum absolute atomic E-state index is 0.163. The van der Waals surface area contributed by atoms with Crippen molar-refractivity contribution in [2.75, 3.05) is 6.61 Å². The molecule has 0 amide bonds. The first-order valence-corrected chi connectivity index (χ1v) is 4.20. The van der Waals surface area contributed by atoms with Gasteiger partial charge >= 0.3 is 10.4 Å². The maximum Gasteiger partial charge on any atom is 0.399 e. The van der Waals surface area contributed by atoms with Crippen LogP contribution in [0.2, 0.25) is 0 Å². The summed E-state index contributed by atoms with van der Waals surface area (Å²) in [7, 11) is -4.41. The molecular formula is C5H10O5S. The van der Waals surface area contributed by atoms with E-state index in [1.54, 1.807) is 0 Å². The lowest BCUT2D eigenvalue weighted by atomic mass is 10.7. The van der Waals surface area contributed by atoms with E-state index in [2.05, 4.69) is 15.5 Å². The first kappa shape index (κ1) is 10.6. The summed E-state index contributed by atoms with van der Waals surface area (Å²) in [4.78, 5) is 0. The summed E-state index contributed by atoms with van der Waals surface area (Å²) in [6.45, 7) is 4.84. The second-order valence-corrected chi connectivity index (χ2v) is 2.76. The zero-order valence-electron chi connectivity index (χ0n) is 6.06. The number of rotatable bonds is 5. The first-order valence-electron chi connectivity index (χ1n) is 2.84. The largest absolute Gasteiger partial charge is 0.399 e. The maximum atomic E-state index is 10.0. The minimum Gasteiger partial charge on any atom is -0.348 e. The molecule has 1 atom stereocenters. The highest BCUT2D eigenvalue weighted by Gasteiger charge is 2.10. The van der Waals surface area contributed by atoms with E-state index >= 15 is 0 Å². The zero-order valence-corrected chi connectivity index (χ0v) is 6.87. The molecule has 0 saturated carbocycles. The van der Waals surface area contributed by atoms with Gasteiger partial charge in [0.05, 0.1) is 6.61 Å². The Morgan fingerprint density at radius 2 is 2.27 bits per heavy atom. The third-order valence-electron chi connectivity index (χ3n) is 0.706. The summed E-state index contributed by atoms with van der Waals surface area (Å²) in [6.07, 6.45) is 0.437. The Labute approximate surface area is 65.6 Å². The lowest BCUT2D eigenvalue weighted by Crippen LogP contribution is -2.17. The van der Waals surface area contributed by atoms with E-state index in [1.807, 2.05) is 0 Å². The summed E-state index contributed by atoms with van der Waals surface area (Å²) < 4.78 is 36.9. The van der Waals surface area contributed by atoms with E-state index in [1.165, 1.54) is 13.0 Å². The molecular weight excluding hydrogens is 172 g/mol. The van der Waals surface area contributed by atoms with Gasteiger partial charge in [0, 0.05) is 0 Å². The molecule has 0 aliphatic heterocycles. The Morgan fingerprint density at radius 3 is 2.64 bits per heavy atom. The Balaban J connectivity index is 3.69. The highest BCUT2D eigenvalue weighted by Crippen LogP contribution is 1.97. The monoisotopic (exact) mass is 182 g/mol. The molecule has 11 heavy (non-hydrogen) atoms. The first-order chi connectivity index (χ1) is 4.95. The maximum absolute atomic E-state index is 10.0. The van der Waals surface area contributed by atoms with E-state index in [0.29, 0.717) is 0 Å². The molecule has 0 spiro atoms. The van der Waals surface area contributed by atoms with Crippen LogP contribution in [0.1, 0.15) is 6.92 Å². The van der Waals surface area contributed by atoms with Gasteiger partial charge in [0.25, 0.3) is 0 Å². The van der Waals surface area contributed by atoms with Crippen molar-refractivity contribution in [3.8, 4) is 0 Å². The van der Waals surface area contributed by atoms with Gasteiger partial charge in [0.1, 0.15) is 0 Å². The fraction of sp³-hybridized carbons (Fsp3) is 0.600. The fourth-order valence-corrected chi connectivity index (χ4v) is 0.801. The van der Waals surface area contributed by atoms with Crippen LogP contribution in [0.5, 0.6) is 0 Å². The van der Waals surface area contributed by atoms with Crippen LogP contribution < -0.4 is 0 Å². The van der Waals surface area contributed by atoms with Crippen molar-refractivity contribution in [3.05, 3.63) is 12.7 Å². The molecule has 0 aromatic heterocycles. The lowest BCUT2D eigenvalue weighted by Gasteiger charge is -2.08. The molecule has 0 radical (unpaired) electrons. The van der Waals surface area contributed by atoms with E-state index in [4.69, 9.17) is 4.55 Å². The van der Waals surface area contributed by atoms with Gasteiger partial charge in [-0.25, -0.2) is 4.18 Å². The molecule has 0 bridgehead atoms. The highest BCUT2D eigenvalue weighted by atomic mass is 32.3. The summed E-state index contributed by atoms with van der Waals surface area (Å²) in [5, 5.41) is 0. The predicted molar refractivity (Wildman–Crippen MR) is 38.2 cm³/mol. The molecule has 6 heteroatoms. The predicted octanol–water partition coefficient (Wildman–Crippen LogP) is 0.354. The van der Waals surface area contributed by atoms with E-state index in [9.17, 15) is 8.42 Å². The third-order valence-corrected chi connectivity index (χ3v) is 1.22. The van der Waals surface area contributed by atoms with E-state index < -0.39 is 16.7 Å². The molecule has 0 aromatic rings. The van der Waals surface area contributed by atoms with Gasteiger partial charge in [-0.2, -0.15) is 8.42 Å². The summed E-state index contributed by atoms with van der Waals surface area (Å²) >= 11 is 0. The quantitative estimate of drug-likeness (QED) is 0.377. The smallest absolute Gasteiger partial charge is 0.348 e. The van der Waals surface area contributed by atoms with Gasteiger partial charge in [-0.05, 0) is 6.92 Å². The van der Waals surface area contributed by atoms with Crippen molar-refractivity contribution < 1.29 is 21.9 Å². The average molecular weight is 182 g/mol. The Kier molecular flexibility index (Phi) is 4.27. The average Bonchev–Trinajstić information content (AvgIpc) is 1.79. The Morgan fingerprint density at radius 1 is 1.73 bits per heavy atom. The van der Waals surface area contributed by atoms with Crippen molar-refractivity contribution in [2.24, 2.45) is 0 Å². The van der Waals surface area contributed by atoms with Crippen LogP contribution in [-0.4, -0.2) is 25.9 Å². The van der Waals surface area contributed by atoms with E-state index in [-0.39, 0.29) is 6.61 Å². The molecule has 1 N–H and O–H groups in total. The van der Waals surface area contributed by atoms with Gasteiger partial charge in [0.15, 0.2) is 6.29 Å². The van der Waals surface area contributed by atoms with Crippen LogP contribution >= 0.6 is 0 Å². The zero-order chi connectivity index (χ0) is 8.91. The van der Waals surface area contributed by atoms with Crippen LogP contribution in [0, 0.1) is 0 Å². The number of hydrogen-bond acceptors (Lipinski definition) is 4. The van der Waals surface area contributed by atoms with Crippen molar-refractivity contribution in [1.82, 2.24) is 0 Å². The van der Waals surface area contributed by atoms with Gasteiger partial charge in [-0.3, -0.25) is 4.55 Å². The van der Waals surface area contributed by atoms with Gasteiger partial charge in [-0.1, -0.05) is 6.08 Å². The third kappa shape index (κ3) is 7.47. The molecule has 0 heterocycles. The van der Waals surface area contributed by atoms with Crippen molar-refractivity contribution >= 4 is 10.4 Å². The second-order valence-electron chi connectivity index (χ2n) is 1.71. The van der Waals surface area contributed by atoms with Crippen molar-refractivity contribution in [1.29, 1.82) is 0 Å². The normalized spacial score (nSPS) is 14.4. The Bertz CT molecular complexity index is 207. The molecule has 0 aliphatic rings. The Hall–Kier alpha value is -0.430. The lowest BCUT2D eigenvalue weighted by molar-refractivity contribution is -0.0562. The summed E-state index contributed by atoms with van der Waals surface area (Å²) in [5.74, 6) is 0. The van der Waals surface area contributed by atoms with Crippen LogP contribution in [0.25, 0.3) is 0 Å².